The summed E-state index contributed by atoms with van der Waals surface area (Å²) in [5.41, 5.74) is 1.74. The van der Waals surface area contributed by atoms with Crippen LogP contribution in [0, 0.1) is 0 Å². The highest BCUT2D eigenvalue weighted by atomic mass is 79.9. The molecule has 17 heavy (non-hydrogen) atoms. The summed E-state index contributed by atoms with van der Waals surface area (Å²) in [5, 5.41) is 12.1. The Morgan fingerprint density at radius 1 is 1.47 bits per heavy atom. The van der Waals surface area contributed by atoms with Gasteiger partial charge in [-0.2, -0.15) is 0 Å². The summed E-state index contributed by atoms with van der Waals surface area (Å²) >= 11 is 4.87. The van der Waals surface area contributed by atoms with Gasteiger partial charge in [0.25, 0.3) is 0 Å². The molecule has 1 atom stereocenters. The molecule has 1 aromatic heterocycles. The number of halogens is 1. The van der Waals surface area contributed by atoms with Crippen LogP contribution in [0.25, 0.3) is 11.3 Å². The minimum atomic E-state index is -0.535. The van der Waals surface area contributed by atoms with E-state index in [4.69, 9.17) is 4.74 Å². The van der Waals surface area contributed by atoms with Crippen LogP contribution in [0.4, 0.5) is 0 Å². The van der Waals surface area contributed by atoms with E-state index in [0.717, 1.165) is 21.5 Å². The van der Waals surface area contributed by atoms with Crippen molar-refractivity contribution in [3.05, 3.63) is 33.1 Å². The van der Waals surface area contributed by atoms with Gasteiger partial charge < -0.3 is 9.84 Å². The first-order valence-electron chi connectivity index (χ1n) is 5.09. The summed E-state index contributed by atoms with van der Waals surface area (Å²) in [6, 6.07) is 5.77. The first kappa shape index (κ1) is 12.5. The molecule has 2 aromatic rings. The maximum Gasteiger partial charge on any atom is 0.128 e. The molecular weight excluding hydrogens is 302 g/mol. The highest BCUT2D eigenvalue weighted by molar-refractivity contribution is 9.10. The Bertz CT molecular complexity index is 525. The van der Waals surface area contributed by atoms with Gasteiger partial charge in [0.2, 0.25) is 0 Å². The Morgan fingerprint density at radius 3 is 2.82 bits per heavy atom. The lowest BCUT2D eigenvalue weighted by molar-refractivity contribution is 0.199. The van der Waals surface area contributed by atoms with Gasteiger partial charge in [-0.25, -0.2) is 4.98 Å². The Balaban J connectivity index is 2.47. The maximum absolute atomic E-state index is 9.47. The van der Waals surface area contributed by atoms with Gasteiger partial charge in [-0.05, 0) is 25.1 Å². The van der Waals surface area contributed by atoms with Crippen molar-refractivity contribution in [2.24, 2.45) is 0 Å². The van der Waals surface area contributed by atoms with Crippen LogP contribution in [0.15, 0.2) is 28.1 Å². The third-order valence-corrected chi connectivity index (χ3v) is 3.83. The molecule has 0 spiro atoms. The molecule has 0 bridgehead atoms. The van der Waals surface area contributed by atoms with Crippen molar-refractivity contribution in [2.45, 2.75) is 13.0 Å². The lowest BCUT2D eigenvalue weighted by atomic mass is 10.1. The third-order valence-electron chi connectivity index (χ3n) is 2.32. The summed E-state index contributed by atoms with van der Waals surface area (Å²) in [6.45, 7) is 1.71. The van der Waals surface area contributed by atoms with E-state index in [0.29, 0.717) is 5.01 Å². The van der Waals surface area contributed by atoms with Crippen molar-refractivity contribution in [1.29, 1.82) is 0 Å². The van der Waals surface area contributed by atoms with Crippen LogP contribution in [-0.2, 0) is 0 Å². The number of aromatic nitrogens is 1. The summed E-state index contributed by atoms with van der Waals surface area (Å²) in [4.78, 5) is 4.40. The highest BCUT2D eigenvalue weighted by Crippen LogP contribution is 2.34. The zero-order valence-electron chi connectivity index (χ0n) is 9.48. The molecule has 0 aliphatic carbocycles. The SMILES string of the molecule is COc1ccc(Br)cc1-c1csc(C(C)O)n1. The second-order valence-corrected chi connectivity index (χ2v) is 5.40. The molecule has 2 rings (SSSR count). The van der Waals surface area contributed by atoms with E-state index in [2.05, 4.69) is 20.9 Å². The van der Waals surface area contributed by atoms with Gasteiger partial charge in [-0.1, -0.05) is 15.9 Å². The molecule has 0 amide bonds. The number of ether oxygens (including phenoxy) is 1. The van der Waals surface area contributed by atoms with Crippen molar-refractivity contribution in [3.63, 3.8) is 0 Å². The molecular formula is C12H12BrNO2S. The summed E-state index contributed by atoms with van der Waals surface area (Å²) in [5.74, 6) is 0.774. The molecule has 1 aromatic carbocycles. The van der Waals surface area contributed by atoms with Gasteiger partial charge in [0.1, 0.15) is 16.9 Å². The van der Waals surface area contributed by atoms with Crippen LogP contribution in [-0.4, -0.2) is 17.2 Å². The van der Waals surface area contributed by atoms with Crippen molar-refractivity contribution in [2.75, 3.05) is 7.11 Å². The zero-order valence-corrected chi connectivity index (χ0v) is 11.9. The smallest absolute Gasteiger partial charge is 0.128 e. The van der Waals surface area contributed by atoms with Gasteiger partial charge in [-0.15, -0.1) is 11.3 Å². The summed E-state index contributed by atoms with van der Waals surface area (Å²) in [6.07, 6.45) is -0.535. The number of thiazole rings is 1. The van der Waals surface area contributed by atoms with E-state index >= 15 is 0 Å². The van der Waals surface area contributed by atoms with Crippen LogP contribution >= 0.6 is 27.3 Å². The molecule has 5 heteroatoms. The monoisotopic (exact) mass is 313 g/mol. The van der Waals surface area contributed by atoms with E-state index in [-0.39, 0.29) is 0 Å². The van der Waals surface area contributed by atoms with Crippen LogP contribution < -0.4 is 4.74 Å². The minimum absolute atomic E-state index is 0.535. The van der Waals surface area contributed by atoms with Crippen LogP contribution in [0.2, 0.25) is 0 Å². The molecule has 0 aliphatic rings. The number of benzene rings is 1. The van der Waals surface area contributed by atoms with Gasteiger partial charge in [0.15, 0.2) is 0 Å². The predicted octanol–water partition coefficient (Wildman–Crippen LogP) is 3.63. The van der Waals surface area contributed by atoms with Gasteiger partial charge in [0, 0.05) is 15.4 Å². The highest BCUT2D eigenvalue weighted by Gasteiger charge is 2.12. The molecule has 1 unspecified atom stereocenters. The number of rotatable bonds is 3. The van der Waals surface area contributed by atoms with E-state index in [9.17, 15) is 5.11 Å². The molecule has 3 nitrogen and oxygen atoms in total. The maximum atomic E-state index is 9.47. The first-order valence-corrected chi connectivity index (χ1v) is 6.76. The van der Waals surface area contributed by atoms with Gasteiger partial charge >= 0.3 is 0 Å². The largest absolute Gasteiger partial charge is 0.496 e. The van der Waals surface area contributed by atoms with E-state index in [1.807, 2.05) is 23.6 Å². The fourth-order valence-corrected chi connectivity index (χ4v) is 2.60. The quantitative estimate of drug-likeness (QED) is 0.940. The molecule has 1 heterocycles. The minimum Gasteiger partial charge on any atom is -0.496 e. The van der Waals surface area contributed by atoms with E-state index in [1.54, 1.807) is 14.0 Å². The second-order valence-electron chi connectivity index (χ2n) is 3.59. The van der Waals surface area contributed by atoms with Crippen molar-refractivity contribution < 1.29 is 9.84 Å². The molecule has 1 N–H and O–H groups in total. The Morgan fingerprint density at radius 2 is 2.24 bits per heavy atom. The fraction of sp³-hybridized carbons (Fsp3) is 0.250. The van der Waals surface area contributed by atoms with Crippen molar-refractivity contribution >= 4 is 27.3 Å². The number of nitrogens with zero attached hydrogens (tertiary/aromatic N) is 1. The number of methoxy groups -OCH3 is 1. The first-order chi connectivity index (χ1) is 8.11. The number of hydrogen-bond donors (Lipinski definition) is 1. The number of aliphatic hydroxyl groups is 1. The topological polar surface area (TPSA) is 42.4 Å². The molecule has 0 aliphatic heterocycles. The molecule has 90 valence electrons. The van der Waals surface area contributed by atoms with Crippen molar-refractivity contribution in [3.8, 4) is 17.0 Å². The van der Waals surface area contributed by atoms with E-state index < -0.39 is 6.10 Å². The lowest BCUT2D eigenvalue weighted by Gasteiger charge is -2.06. The second kappa shape index (κ2) is 5.16. The molecule has 0 saturated heterocycles. The summed E-state index contributed by atoms with van der Waals surface area (Å²) < 4.78 is 6.28. The van der Waals surface area contributed by atoms with Crippen molar-refractivity contribution in [1.82, 2.24) is 4.98 Å². The number of aliphatic hydroxyl groups excluding tert-OH is 1. The zero-order chi connectivity index (χ0) is 12.4. The van der Waals surface area contributed by atoms with E-state index in [1.165, 1.54) is 11.3 Å². The summed E-state index contributed by atoms with van der Waals surface area (Å²) in [7, 11) is 1.63. The fourth-order valence-electron chi connectivity index (χ4n) is 1.48. The third kappa shape index (κ3) is 2.68. The average molecular weight is 314 g/mol. The molecule has 0 radical (unpaired) electrons. The molecule has 0 saturated carbocycles. The van der Waals surface area contributed by atoms with Gasteiger partial charge in [0.05, 0.1) is 12.8 Å². The standard InChI is InChI=1S/C12H12BrNO2S/c1-7(15)12-14-10(6-17-12)9-5-8(13)3-4-11(9)16-2/h3-7,15H,1-2H3. The van der Waals surface area contributed by atoms with Crippen LogP contribution in [0.3, 0.4) is 0 Å². The van der Waals surface area contributed by atoms with Gasteiger partial charge in [-0.3, -0.25) is 0 Å². The number of hydrogen-bond acceptors (Lipinski definition) is 4. The van der Waals surface area contributed by atoms with Crippen LogP contribution in [0.5, 0.6) is 5.75 Å². The Hall–Kier alpha value is -0.910. The Kier molecular flexibility index (Phi) is 3.81. The predicted molar refractivity (Wildman–Crippen MR) is 72.4 cm³/mol. The lowest BCUT2D eigenvalue weighted by Crippen LogP contribution is -1.91. The normalized spacial score (nSPS) is 12.5. The van der Waals surface area contributed by atoms with Crippen LogP contribution in [0.1, 0.15) is 18.0 Å². The average Bonchev–Trinajstić information content (AvgIpc) is 2.78. The Labute approximate surface area is 112 Å². The molecule has 0 fully saturated rings.